The maximum absolute atomic E-state index is 12.6. The average molecular weight is 1060 g/mol. The lowest BCUT2D eigenvalue weighted by atomic mass is 10.1. The van der Waals surface area contributed by atoms with Crippen molar-refractivity contribution in [2.45, 2.75) is 78.9 Å². The molecular weight excluding hydrogens is 1000 g/mol. The molecule has 0 amide bonds. The van der Waals surface area contributed by atoms with E-state index in [-0.39, 0.29) is 23.2 Å². The van der Waals surface area contributed by atoms with Crippen molar-refractivity contribution in [2.24, 2.45) is 0 Å². The van der Waals surface area contributed by atoms with Crippen molar-refractivity contribution >= 4 is 69.8 Å². The van der Waals surface area contributed by atoms with Crippen molar-refractivity contribution in [3.05, 3.63) is 165 Å². The molecule has 4 aliphatic heterocycles. The van der Waals surface area contributed by atoms with Crippen LogP contribution in [0.25, 0.3) is 22.5 Å². The molecule has 376 valence electrons. The average Bonchev–Trinajstić information content (AvgIpc) is 3.42. The van der Waals surface area contributed by atoms with Gasteiger partial charge in [0.2, 0.25) is 11.1 Å². The van der Waals surface area contributed by atoms with Crippen molar-refractivity contribution < 1.29 is 9.47 Å². The number of nitrogens with zero attached hydrogens (tertiary/aromatic N) is 6. The van der Waals surface area contributed by atoms with Gasteiger partial charge in [-0.1, -0.05) is 71.3 Å². The van der Waals surface area contributed by atoms with E-state index in [1.165, 1.54) is 39.2 Å². The molecule has 0 aliphatic carbocycles. The predicted octanol–water partition coefficient (Wildman–Crippen LogP) is 11.5. The van der Waals surface area contributed by atoms with Gasteiger partial charge in [-0.2, -0.15) is 0 Å². The van der Waals surface area contributed by atoms with E-state index in [9.17, 15) is 9.59 Å². The molecule has 2 saturated heterocycles. The summed E-state index contributed by atoms with van der Waals surface area (Å²) < 4.78 is 11.0. The fourth-order valence-corrected chi connectivity index (χ4v) is 13.9. The van der Waals surface area contributed by atoms with Crippen molar-refractivity contribution in [1.29, 1.82) is 0 Å². The molecule has 14 nitrogen and oxygen atoms in total. The van der Waals surface area contributed by atoms with Crippen LogP contribution in [0.4, 0.5) is 22.7 Å². The first-order valence-corrected chi connectivity index (χ1v) is 27.8. The largest absolute Gasteiger partial charge is 0.378 e. The summed E-state index contributed by atoms with van der Waals surface area (Å²) in [5.41, 5.74) is 11.2. The summed E-state index contributed by atoms with van der Waals surface area (Å²) in [6.45, 7) is 13.9. The normalized spacial score (nSPS) is 15.6. The SMILES string of the molecule is Cc1cnc(C(C)Nc2ccc3c(c2)Sc2cccc(-c4cc(N5CCOCC5)cc(=O)[nH]4)c2S3)cn1.Cc1cnc(C(C)Nc2ccc3c(c2)Sc2cccc(-c4cc(N5CCOCC5)cc(=O)[nH]4)c2S3)cn1. The lowest BCUT2D eigenvalue weighted by Crippen LogP contribution is -2.36. The summed E-state index contributed by atoms with van der Waals surface area (Å²) >= 11 is 7.02. The minimum atomic E-state index is -0.0893. The zero-order valence-electron chi connectivity index (χ0n) is 41.3. The molecule has 2 unspecified atom stereocenters. The number of anilines is 4. The van der Waals surface area contributed by atoms with Crippen LogP contribution in [0.2, 0.25) is 0 Å². The minimum absolute atomic E-state index is 0.0434. The summed E-state index contributed by atoms with van der Waals surface area (Å²) in [4.78, 5) is 63.0. The van der Waals surface area contributed by atoms with Crippen molar-refractivity contribution in [3.8, 4) is 22.5 Å². The van der Waals surface area contributed by atoms with E-state index in [0.29, 0.717) is 26.4 Å². The van der Waals surface area contributed by atoms with Crippen molar-refractivity contribution in [1.82, 2.24) is 29.9 Å². The van der Waals surface area contributed by atoms with Gasteiger partial charge in [0, 0.05) is 124 Å². The second-order valence-electron chi connectivity index (χ2n) is 18.3. The highest BCUT2D eigenvalue weighted by Crippen LogP contribution is 2.54. The maximum Gasteiger partial charge on any atom is 0.250 e. The standard InChI is InChI=1S/2C28H27N5O2S2/c2*1-17-15-30-23(16-29-17)18(2)31-19-6-7-24-26(12-19)36-25-5-3-4-21(28(25)37-24)22-13-20(14-27(34)32-22)33-8-10-35-11-9-33/h2*3-7,12-16,18,31H,8-11H2,1-2H3,(H,32,34). The predicted molar refractivity (Wildman–Crippen MR) is 298 cm³/mol. The molecule has 0 bridgehead atoms. The molecule has 74 heavy (non-hydrogen) atoms. The molecule has 0 radical (unpaired) electrons. The Morgan fingerprint density at radius 3 is 1.34 bits per heavy atom. The van der Waals surface area contributed by atoms with Crippen LogP contribution in [0, 0.1) is 13.8 Å². The van der Waals surface area contributed by atoms with Gasteiger partial charge in [0.25, 0.3) is 0 Å². The van der Waals surface area contributed by atoms with E-state index in [4.69, 9.17) is 9.47 Å². The molecule has 4 N–H and O–H groups in total. The lowest BCUT2D eigenvalue weighted by molar-refractivity contribution is 0.122. The van der Waals surface area contributed by atoms with Crippen LogP contribution in [0.5, 0.6) is 0 Å². The molecule has 4 aromatic carbocycles. The van der Waals surface area contributed by atoms with E-state index in [1.807, 2.05) is 26.2 Å². The molecule has 12 rings (SSSR count). The molecule has 0 saturated carbocycles. The number of morpholine rings is 2. The Bertz CT molecular complexity index is 3230. The Morgan fingerprint density at radius 1 is 0.500 bits per heavy atom. The quantitative estimate of drug-likeness (QED) is 0.102. The number of hydrogen-bond donors (Lipinski definition) is 4. The van der Waals surface area contributed by atoms with Crippen LogP contribution < -0.4 is 31.6 Å². The van der Waals surface area contributed by atoms with E-state index >= 15 is 0 Å². The van der Waals surface area contributed by atoms with Gasteiger partial charge in [-0.15, -0.1) is 0 Å². The van der Waals surface area contributed by atoms with Crippen LogP contribution in [0.15, 0.2) is 171 Å². The molecule has 4 aliphatic rings. The van der Waals surface area contributed by atoms with Crippen LogP contribution in [0.1, 0.15) is 48.7 Å². The number of benzene rings is 4. The van der Waals surface area contributed by atoms with Crippen LogP contribution in [-0.4, -0.2) is 82.5 Å². The van der Waals surface area contributed by atoms with Crippen LogP contribution >= 0.6 is 47.0 Å². The first-order chi connectivity index (χ1) is 36.1. The van der Waals surface area contributed by atoms with Crippen molar-refractivity contribution in [3.63, 3.8) is 0 Å². The molecule has 2 atom stereocenters. The zero-order chi connectivity index (χ0) is 50.7. The van der Waals surface area contributed by atoms with Gasteiger partial charge >= 0.3 is 0 Å². The summed E-state index contributed by atoms with van der Waals surface area (Å²) in [5, 5.41) is 7.11. The van der Waals surface area contributed by atoms with Crippen LogP contribution in [0.3, 0.4) is 0 Å². The molecule has 2 fully saturated rings. The van der Waals surface area contributed by atoms with E-state index in [1.54, 1.807) is 71.6 Å². The highest BCUT2D eigenvalue weighted by atomic mass is 32.2. The highest BCUT2D eigenvalue weighted by Gasteiger charge is 2.25. The van der Waals surface area contributed by atoms with Crippen LogP contribution in [-0.2, 0) is 9.47 Å². The second-order valence-corrected chi connectivity index (χ2v) is 22.6. The number of ether oxygens (including phenoxy) is 2. The molecule has 4 aromatic heterocycles. The van der Waals surface area contributed by atoms with Gasteiger partial charge in [0.05, 0.1) is 85.1 Å². The fraction of sp³-hybridized carbons (Fsp3) is 0.250. The van der Waals surface area contributed by atoms with Gasteiger partial charge in [-0.05, 0) is 88.4 Å². The number of aromatic nitrogens is 6. The Hall–Kier alpha value is -6.54. The third-order valence-corrected chi connectivity index (χ3v) is 18.1. The first kappa shape index (κ1) is 49.7. The van der Waals surface area contributed by atoms with Gasteiger partial charge in [-0.25, -0.2) is 0 Å². The van der Waals surface area contributed by atoms with E-state index in [0.717, 1.165) is 94.2 Å². The topological polar surface area (TPSA) is 166 Å². The number of pyridine rings is 2. The highest BCUT2D eigenvalue weighted by molar-refractivity contribution is 8.05. The molecule has 18 heteroatoms. The molecule has 8 aromatic rings. The Morgan fingerprint density at radius 2 is 0.932 bits per heavy atom. The monoisotopic (exact) mass is 1060 g/mol. The van der Waals surface area contributed by atoms with Gasteiger partial charge in [0.1, 0.15) is 0 Å². The summed E-state index contributed by atoms with van der Waals surface area (Å²) in [6.07, 6.45) is 7.24. The van der Waals surface area contributed by atoms with E-state index < -0.39 is 0 Å². The Kier molecular flexibility index (Phi) is 14.8. The first-order valence-electron chi connectivity index (χ1n) is 24.6. The van der Waals surface area contributed by atoms with E-state index in [2.05, 4.69) is 149 Å². The second kappa shape index (κ2) is 22.1. The Balaban J connectivity index is 0.000000159. The van der Waals surface area contributed by atoms with Gasteiger partial charge in [-0.3, -0.25) is 29.5 Å². The third-order valence-electron chi connectivity index (χ3n) is 13.0. The molecule has 8 heterocycles. The number of hydrogen-bond acceptors (Lipinski definition) is 16. The third kappa shape index (κ3) is 11.3. The maximum atomic E-state index is 12.6. The Labute approximate surface area is 446 Å². The molecule has 0 spiro atoms. The van der Waals surface area contributed by atoms with Gasteiger partial charge in [0.15, 0.2) is 0 Å². The molecular formula is C56H54N10O4S4. The number of fused-ring (bicyclic) bond motifs is 4. The summed E-state index contributed by atoms with van der Waals surface area (Å²) in [6, 6.07) is 33.2. The number of H-pyrrole nitrogens is 2. The number of aryl methyl sites for hydroxylation is 2. The minimum Gasteiger partial charge on any atom is -0.378 e. The number of rotatable bonds is 10. The fourth-order valence-electron chi connectivity index (χ4n) is 9.06. The smallest absolute Gasteiger partial charge is 0.250 e. The number of aromatic amines is 2. The number of nitrogens with one attached hydrogen (secondary N) is 4. The van der Waals surface area contributed by atoms with Crippen molar-refractivity contribution in [2.75, 3.05) is 73.0 Å². The zero-order valence-corrected chi connectivity index (χ0v) is 44.6. The summed E-state index contributed by atoms with van der Waals surface area (Å²) in [7, 11) is 0. The van der Waals surface area contributed by atoms with Gasteiger partial charge < -0.3 is 39.9 Å². The lowest BCUT2D eigenvalue weighted by Gasteiger charge is -2.29. The summed E-state index contributed by atoms with van der Waals surface area (Å²) in [5.74, 6) is 0.